The molecule has 0 bridgehead atoms. The van der Waals surface area contributed by atoms with Gasteiger partial charge >= 0.3 is 11.7 Å². The lowest BCUT2D eigenvalue weighted by Gasteiger charge is -2.13. The van der Waals surface area contributed by atoms with Gasteiger partial charge in [-0.1, -0.05) is 42.6 Å². The Kier molecular flexibility index (Phi) is 7.00. The lowest BCUT2D eigenvalue weighted by atomic mass is 10.2. The van der Waals surface area contributed by atoms with E-state index in [0.717, 1.165) is 23.2 Å². The highest BCUT2D eigenvalue weighted by atomic mass is 35.5. The number of hydrogen-bond acceptors (Lipinski definition) is 5. The van der Waals surface area contributed by atoms with Crippen LogP contribution in [0.25, 0.3) is 11.2 Å². The summed E-state index contributed by atoms with van der Waals surface area (Å²) in [5, 5.41) is 0.881. The maximum Gasteiger partial charge on any atom is 0.332 e. The number of imidazole rings is 1. The lowest BCUT2D eigenvalue weighted by molar-refractivity contribution is 0.309. The molecule has 0 saturated carbocycles. The molecule has 2 heterocycles. The van der Waals surface area contributed by atoms with E-state index in [0.29, 0.717) is 28.0 Å². The number of halogens is 2. The van der Waals surface area contributed by atoms with Crippen molar-refractivity contribution >= 4 is 34.4 Å². The molecule has 34 heavy (non-hydrogen) atoms. The van der Waals surface area contributed by atoms with Gasteiger partial charge in [-0.25, -0.2) is 4.79 Å². The van der Waals surface area contributed by atoms with Crippen LogP contribution < -0.4 is 20.7 Å². The predicted octanol–water partition coefficient (Wildman–Crippen LogP) is 4.76. The van der Waals surface area contributed by atoms with E-state index in [-0.39, 0.29) is 23.7 Å². The minimum absolute atomic E-state index is 0.121. The third kappa shape index (κ3) is 4.56. The molecule has 8 nitrogen and oxygen atoms in total. The summed E-state index contributed by atoms with van der Waals surface area (Å²) in [4.78, 5) is 30.0. The van der Waals surface area contributed by atoms with Crippen molar-refractivity contribution in [2.75, 3.05) is 6.61 Å². The van der Waals surface area contributed by atoms with Gasteiger partial charge in [0.15, 0.2) is 11.2 Å². The summed E-state index contributed by atoms with van der Waals surface area (Å²) < 4.78 is 15.7. The molecule has 2 aromatic carbocycles. The fourth-order valence-corrected chi connectivity index (χ4v) is 4.05. The summed E-state index contributed by atoms with van der Waals surface area (Å²) in [6, 6.07) is 12.4. The monoisotopic (exact) mass is 502 g/mol. The van der Waals surface area contributed by atoms with Gasteiger partial charge in [0, 0.05) is 29.7 Å². The van der Waals surface area contributed by atoms with Crippen LogP contribution in [0.15, 0.2) is 52.1 Å². The van der Waals surface area contributed by atoms with Crippen LogP contribution in [0.3, 0.4) is 0 Å². The Morgan fingerprint density at radius 3 is 2.24 bits per heavy atom. The van der Waals surface area contributed by atoms with E-state index in [1.807, 2.05) is 0 Å². The molecule has 0 spiro atoms. The van der Waals surface area contributed by atoms with Crippen molar-refractivity contribution in [3.63, 3.8) is 0 Å². The molecule has 2 aromatic heterocycles. The normalized spacial score (nSPS) is 11.2. The van der Waals surface area contributed by atoms with Crippen molar-refractivity contribution in [1.29, 1.82) is 0 Å². The minimum atomic E-state index is -0.497. The molecular weight excluding hydrogens is 479 g/mol. The average molecular weight is 503 g/mol. The number of nitrogens with zero attached hydrogens (tertiary/aromatic N) is 4. The van der Waals surface area contributed by atoms with E-state index in [1.54, 1.807) is 54.1 Å². The molecule has 0 aliphatic rings. The van der Waals surface area contributed by atoms with Crippen molar-refractivity contribution in [1.82, 2.24) is 18.7 Å². The Morgan fingerprint density at radius 2 is 1.59 bits per heavy atom. The number of aromatic nitrogens is 4. The van der Waals surface area contributed by atoms with Crippen LogP contribution in [-0.2, 0) is 20.6 Å². The van der Waals surface area contributed by atoms with Crippen LogP contribution in [0.2, 0.25) is 10.0 Å². The number of hydrogen-bond donors (Lipinski definition) is 0. The summed E-state index contributed by atoms with van der Waals surface area (Å²) >= 11 is 12.8. The first-order valence-corrected chi connectivity index (χ1v) is 11.6. The SMILES string of the molecule is CCCCOc1ccc(Oc2nc3c(c(=O)n(C)c(=O)n3C)n2Cc2c(Cl)cccc2Cl)cc1. The van der Waals surface area contributed by atoms with E-state index >= 15 is 0 Å². The fraction of sp³-hybridized carbons (Fsp3) is 0.292. The summed E-state index contributed by atoms with van der Waals surface area (Å²) in [5.74, 6) is 1.22. The van der Waals surface area contributed by atoms with Crippen LogP contribution in [0, 0.1) is 0 Å². The Hall–Kier alpha value is -3.23. The van der Waals surface area contributed by atoms with Crippen LogP contribution >= 0.6 is 23.2 Å². The third-order valence-electron chi connectivity index (χ3n) is 5.49. The first-order chi connectivity index (χ1) is 16.3. The van der Waals surface area contributed by atoms with E-state index < -0.39 is 11.2 Å². The van der Waals surface area contributed by atoms with Crippen LogP contribution in [0.5, 0.6) is 17.5 Å². The van der Waals surface area contributed by atoms with Gasteiger partial charge in [0.05, 0.1) is 13.2 Å². The van der Waals surface area contributed by atoms with Crippen LogP contribution in [0.1, 0.15) is 25.3 Å². The molecule has 178 valence electrons. The average Bonchev–Trinajstić information content (AvgIpc) is 3.18. The second-order valence-corrected chi connectivity index (χ2v) is 8.65. The quantitative estimate of drug-likeness (QED) is 0.324. The minimum Gasteiger partial charge on any atom is -0.494 e. The second-order valence-electron chi connectivity index (χ2n) is 7.83. The van der Waals surface area contributed by atoms with Crippen molar-refractivity contribution in [2.45, 2.75) is 26.3 Å². The van der Waals surface area contributed by atoms with Crippen LogP contribution in [-0.4, -0.2) is 25.3 Å². The molecule has 0 radical (unpaired) electrons. The number of fused-ring (bicyclic) bond motifs is 1. The number of benzene rings is 2. The van der Waals surface area contributed by atoms with Gasteiger partial charge in [0.25, 0.3) is 5.56 Å². The number of unbranched alkanes of at least 4 members (excludes halogenated alkanes) is 1. The van der Waals surface area contributed by atoms with E-state index in [4.69, 9.17) is 32.7 Å². The Morgan fingerprint density at radius 1 is 0.941 bits per heavy atom. The molecule has 10 heteroatoms. The molecular formula is C24H24Cl2N4O4. The van der Waals surface area contributed by atoms with Crippen LogP contribution in [0.4, 0.5) is 0 Å². The Bertz CT molecular complexity index is 1440. The zero-order chi connectivity index (χ0) is 24.4. The van der Waals surface area contributed by atoms with Gasteiger partial charge < -0.3 is 9.47 Å². The van der Waals surface area contributed by atoms with Gasteiger partial charge in [-0.05, 0) is 42.8 Å². The second kappa shape index (κ2) is 9.95. The first-order valence-electron chi connectivity index (χ1n) is 10.8. The zero-order valence-corrected chi connectivity index (χ0v) is 20.6. The predicted molar refractivity (Wildman–Crippen MR) is 133 cm³/mol. The maximum atomic E-state index is 13.1. The molecule has 4 rings (SSSR count). The van der Waals surface area contributed by atoms with Gasteiger partial charge in [-0.3, -0.25) is 18.5 Å². The van der Waals surface area contributed by atoms with Crippen molar-refractivity contribution < 1.29 is 9.47 Å². The molecule has 0 unspecified atom stereocenters. The summed E-state index contributed by atoms with van der Waals surface area (Å²) in [7, 11) is 2.97. The molecule has 0 fully saturated rings. The molecule has 0 aliphatic carbocycles. The van der Waals surface area contributed by atoms with E-state index in [9.17, 15) is 9.59 Å². The molecule has 4 aromatic rings. The molecule has 0 N–H and O–H groups in total. The standard InChI is InChI=1S/C24H24Cl2N4O4/c1-4-5-13-33-15-9-11-16(12-10-15)34-23-27-21-20(22(31)29(3)24(32)28(21)2)30(23)14-17-18(25)7-6-8-19(17)26/h6-12H,4-5,13-14H2,1-3H3. The Labute approximate surface area is 205 Å². The molecule has 0 amide bonds. The van der Waals surface area contributed by atoms with Crippen molar-refractivity contribution in [2.24, 2.45) is 14.1 Å². The third-order valence-corrected chi connectivity index (χ3v) is 6.20. The summed E-state index contributed by atoms with van der Waals surface area (Å²) in [5.41, 5.74) is 0.0211. The van der Waals surface area contributed by atoms with Crippen molar-refractivity contribution in [3.05, 3.63) is 78.9 Å². The smallest absolute Gasteiger partial charge is 0.332 e. The van der Waals surface area contributed by atoms with Gasteiger partial charge in [-0.2, -0.15) is 4.98 Å². The van der Waals surface area contributed by atoms with Gasteiger partial charge in [0.1, 0.15) is 11.5 Å². The first kappa shape index (κ1) is 23.9. The van der Waals surface area contributed by atoms with Gasteiger partial charge in [-0.15, -0.1) is 0 Å². The number of ether oxygens (including phenoxy) is 2. The largest absolute Gasteiger partial charge is 0.494 e. The molecule has 0 aliphatic heterocycles. The maximum absolute atomic E-state index is 13.1. The highest BCUT2D eigenvalue weighted by molar-refractivity contribution is 6.36. The van der Waals surface area contributed by atoms with Crippen molar-refractivity contribution in [3.8, 4) is 17.5 Å². The number of rotatable bonds is 8. The highest BCUT2D eigenvalue weighted by Crippen LogP contribution is 2.30. The van der Waals surface area contributed by atoms with E-state index in [2.05, 4.69) is 11.9 Å². The van der Waals surface area contributed by atoms with Gasteiger partial charge in [0.2, 0.25) is 0 Å². The summed E-state index contributed by atoms with van der Waals surface area (Å²) in [6.07, 6.45) is 2.02. The molecule has 0 atom stereocenters. The van der Waals surface area contributed by atoms with E-state index in [1.165, 1.54) is 11.6 Å². The summed E-state index contributed by atoms with van der Waals surface area (Å²) in [6.45, 7) is 2.86. The zero-order valence-electron chi connectivity index (χ0n) is 19.0. The lowest BCUT2D eigenvalue weighted by Crippen LogP contribution is -2.37. The Balaban J connectivity index is 1.80. The molecule has 0 saturated heterocycles. The highest BCUT2D eigenvalue weighted by Gasteiger charge is 2.22. The topological polar surface area (TPSA) is 80.3 Å². The fourth-order valence-electron chi connectivity index (χ4n) is 3.54. The number of aryl methyl sites for hydroxylation is 1.